The number of carbonyl (C=O) groups excluding carboxylic acids is 3. The van der Waals surface area contributed by atoms with Crippen molar-refractivity contribution in [1.82, 2.24) is 10.2 Å². The second kappa shape index (κ2) is 6.37. The van der Waals surface area contributed by atoms with Gasteiger partial charge in [-0.25, -0.2) is 4.79 Å². The summed E-state index contributed by atoms with van der Waals surface area (Å²) in [7, 11) is 0. The van der Waals surface area contributed by atoms with Crippen LogP contribution in [0.2, 0.25) is 0 Å². The minimum Gasteiger partial charge on any atom is -0.444 e. The second-order valence-electron chi connectivity index (χ2n) is 6.25. The Labute approximate surface area is 134 Å². The molecule has 0 saturated carbocycles. The van der Waals surface area contributed by atoms with Gasteiger partial charge in [0.2, 0.25) is 0 Å². The fourth-order valence-electron chi connectivity index (χ4n) is 2.29. The molecule has 3 amide bonds. The Kier molecular flexibility index (Phi) is 4.70. The molecule has 1 aliphatic heterocycles. The molecular formula is C16H20N2O5. The van der Waals surface area contributed by atoms with E-state index in [1.807, 2.05) is 0 Å². The number of ether oxygens (including phenoxy) is 1. The Morgan fingerprint density at radius 3 is 2.17 bits per heavy atom. The van der Waals surface area contributed by atoms with Crippen molar-refractivity contribution >= 4 is 17.9 Å². The van der Waals surface area contributed by atoms with Crippen molar-refractivity contribution in [3.63, 3.8) is 0 Å². The number of benzene rings is 1. The zero-order chi connectivity index (χ0) is 17.2. The van der Waals surface area contributed by atoms with Gasteiger partial charge in [0.15, 0.2) is 0 Å². The van der Waals surface area contributed by atoms with Crippen LogP contribution < -0.4 is 5.32 Å². The lowest BCUT2D eigenvalue weighted by Crippen LogP contribution is -2.49. The van der Waals surface area contributed by atoms with E-state index >= 15 is 0 Å². The Hall–Kier alpha value is -2.41. The number of rotatable bonds is 4. The highest BCUT2D eigenvalue weighted by Gasteiger charge is 2.39. The third-order valence-electron chi connectivity index (χ3n) is 3.28. The zero-order valence-electron chi connectivity index (χ0n) is 13.3. The number of carbonyl (C=O) groups is 3. The van der Waals surface area contributed by atoms with Crippen molar-refractivity contribution in [1.29, 1.82) is 0 Å². The SMILES string of the molecule is CC(C)(C)OC(=O)NCC(CO)N1C(=O)c2ccccc2C1=O. The number of nitrogens with zero attached hydrogens (tertiary/aromatic N) is 1. The highest BCUT2D eigenvalue weighted by molar-refractivity contribution is 6.21. The Morgan fingerprint density at radius 1 is 1.22 bits per heavy atom. The van der Waals surface area contributed by atoms with E-state index in [9.17, 15) is 19.5 Å². The molecule has 2 N–H and O–H groups in total. The predicted molar refractivity (Wildman–Crippen MR) is 82.1 cm³/mol. The fraction of sp³-hybridized carbons (Fsp3) is 0.438. The molecule has 7 heteroatoms. The molecule has 124 valence electrons. The topological polar surface area (TPSA) is 95.9 Å². The smallest absolute Gasteiger partial charge is 0.407 e. The van der Waals surface area contributed by atoms with Crippen molar-refractivity contribution in [3.05, 3.63) is 35.4 Å². The largest absolute Gasteiger partial charge is 0.444 e. The predicted octanol–water partition coefficient (Wildman–Crippen LogP) is 1.17. The number of fused-ring (bicyclic) bond motifs is 1. The van der Waals surface area contributed by atoms with E-state index in [0.717, 1.165) is 4.90 Å². The van der Waals surface area contributed by atoms with E-state index < -0.39 is 36.2 Å². The normalized spacial score (nSPS) is 15.4. The lowest BCUT2D eigenvalue weighted by Gasteiger charge is -2.25. The number of hydrogen-bond acceptors (Lipinski definition) is 5. The average Bonchev–Trinajstić information content (AvgIpc) is 2.72. The monoisotopic (exact) mass is 320 g/mol. The quantitative estimate of drug-likeness (QED) is 0.812. The standard InChI is InChI=1S/C16H20N2O5/c1-16(2,3)23-15(22)17-8-10(9-19)18-13(20)11-6-4-5-7-12(11)14(18)21/h4-7,10,19H,8-9H2,1-3H3,(H,17,22). The molecule has 1 aliphatic rings. The molecule has 0 radical (unpaired) electrons. The van der Waals surface area contributed by atoms with Crippen LogP contribution in [0.15, 0.2) is 24.3 Å². The van der Waals surface area contributed by atoms with Gasteiger partial charge in [0, 0.05) is 6.54 Å². The molecule has 0 aromatic heterocycles. The van der Waals surface area contributed by atoms with E-state index in [0.29, 0.717) is 11.1 Å². The molecule has 0 saturated heterocycles. The summed E-state index contributed by atoms with van der Waals surface area (Å²) in [5.74, 6) is -0.953. The molecule has 0 spiro atoms. The van der Waals surface area contributed by atoms with E-state index in [-0.39, 0.29) is 6.54 Å². The molecule has 0 fully saturated rings. The van der Waals surface area contributed by atoms with Gasteiger partial charge in [-0.05, 0) is 32.9 Å². The van der Waals surface area contributed by atoms with Crippen molar-refractivity contribution in [2.75, 3.05) is 13.2 Å². The molecule has 7 nitrogen and oxygen atoms in total. The fourth-order valence-corrected chi connectivity index (χ4v) is 2.29. The Bertz CT molecular complexity index is 601. The van der Waals surface area contributed by atoms with Crippen LogP contribution in [0.25, 0.3) is 0 Å². The summed E-state index contributed by atoms with van der Waals surface area (Å²) in [5, 5.41) is 12.0. The Balaban J connectivity index is 2.07. The molecule has 1 aromatic rings. The summed E-state index contributed by atoms with van der Waals surface area (Å²) in [6, 6.07) is 5.60. The number of alkyl carbamates (subject to hydrolysis) is 1. The molecular weight excluding hydrogens is 300 g/mol. The van der Waals surface area contributed by atoms with Gasteiger partial charge < -0.3 is 15.2 Å². The number of amides is 3. The molecule has 1 unspecified atom stereocenters. The van der Waals surface area contributed by atoms with Crippen LogP contribution in [0.5, 0.6) is 0 Å². The molecule has 2 rings (SSSR count). The summed E-state index contributed by atoms with van der Waals surface area (Å²) in [5.41, 5.74) is -0.0599. The van der Waals surface area contributed by atoms with Gasteiger partial charge in [0.05, 0.1) is 23.8 Å². The van der Waals surface area contributed by atoms with Gasteiger partial charge in [0.1, 0.15) is 5.60 Å². The number of aliphatic hydroxyl groups is 1. The number of aliphatic hydroxyl groups excluding tert-OH is 1. The van der Waals surface area contributed by atoms with Crippen molar-refractivity contribution in [3.8, 4) is 0 Å². The first-order chi connectivity index (χ1) is 10.7. The van der Waals surface area contributed by atoms with Crippen molar-refractivity contribution in [2.45, 2.75) is 32.4 Å². The van der Waals surface area contributed by atoms with Crippen LogP contribution >= 0.6 is 0 Å². The summed E-state index contributed by atoms with van der Waals surface area (Å²) in [4.78, 5) is 37.3. The van der Waals surface area contributed by atoms with Crippen LogP contribution in [0, 0.1) is 0 Å². The van der Waals surface area contributed by atoms with Crippen LogP contribution in [0.1, 0.15) is 41.5 Å². The van der Waals surface area contributed by atoms with Crippen LogP contribution in [-0.4, -0.2) is 52.7 Å². The molecule has 1 heterocycles. The van der Waals surface area contributed by atoms with E-state index in [1.165, 1.54) is 0 Å². The van der Waals surface area contributed by atoms with Gasteiger partial charge >= 0.3 is 6.09 Å². The first kappa shape index (κ1) is 17.0. The first-order valence-electron chi connectivity index (χ1n) is 7.29. The zero-order valence-corrected chi connectivity index (χ0v) is 13.3. The average molecular weight is 320 g/mol. The van der Waals surface area contributed by atoms with Crippen LogP contribution in [0.4, 0.5) is 4.79 Å². The maximum absolute atomic E-state index is 12.3. The minimum absolute atomic E-state index is 0.0864. The Morgan fingerprint density at radius 2 is 1.74 bits per heavy atom. The van der Waals surface area contributed by atoms with Crippen molar-refractivity contribution in [2.24, 2.45) is 0 Å². The maximum Gasteiger partial charge on any atom is 0.407 e. The van der Waals surface area contributed by atoms with Gasteiger partial charge in [-0.3, -0.25) is 14.5 Å². The summed E-state index contributed by atoms with van der Waals surface area (Å²) in [6.45, 7) is 4.62. The first-order valence-corrected chi connectivity index (χ1v) is 7.29. The lowest BCUT2D eigenvalue weighted by molar-refractivity contribution is 0.0426. The van der Waals surface area contributed by atoms with E-state index in [1.54, 1.807) is 45.0 Å². The lowest BCUT2D eigenvalue weighted by atomic mass is 10.1. The highest BCUT2D eigenvalue weighted by Crippen LogP contribution is 2.24. The molecule has 23 heavy (non-hydrogen) atoms. The molecule has 0 bridgehead atoms. The third-order valence-corrected chi connectivity index (χ3v) is 3.28. The maximum atomic E-state index is 12.3. The number of hydrogen-bond donors (Lipinski definition) is 2. The van der Waals surface area contributed by atoms with E-state index in [4.69, 9.17) is 4.74 Å². The van der Waals surface area contributed by atoms with Crippen molar-refractivity contribution < 1.29 is 24.2 Å². The third kappa shape index (κ3) is 3.68. The summed E-state index contributed by atoms with van der Waals surface area (Å²) >= 11 is 0. The van der Waals surface area contributed by atoms with Gasteiger partial charge in [-0.15, -0.1) is 0 Å². The summed E-state index contributed by atoms with van der Waals surface area (Å²) < 4.78 is 5.09. The molecule has 1 aromatic carbocycles. The van der Waals surface area contributed by atoms with Crippen LogP contribution in [0.3, 0.4) is 0 Å². The highest BCUT2D eigenvalue weighted by atomic mass is 16.6. The number of imide groups is 1. The summed E-state index contributed by atoms with van der Waals surface area (Å²) in [6.07, 6.45) is -0.674. The van der Waals surface area contributed by atoms with Gasteiger partial charge in [-0.1, -0.05) is 12.1 Å². The molecule has 1 atom stereocenters. The minimum atomic E-state index is -0.852. The van der Waals surface area contributed by atoms with Gasteiger partial charge in [0.25, 0.3) is 11.8 Å². The molecule has 0 aliphatic carbocycles. The number of nitrogens with one attached hydrogen (secondary N) is 1. The van der Waals surface area contributed by atoms with Gasteiger partial charge in [-0.2, -0.15) is 0 Å². The second-order valence-corrected chi connectivity index (χ2v) is 6.25. The van der Waals surface area contributed by atoms with Crippen LogP contribution in [-0.2, 0) is 4.74 Å². The van der Waals surface area contributed by atoms with E-state index in [2.05, 4.69) is 5.32 Å².